The van der Waals surface area contributed by atoms with Crippen molar-refractivity contribution in [2.45, 2.75) is 19.3 Å². The van der Waals surface area contributed by atoms with Crippen molar-refractivity contribution < 1.29 is 9.90 Å². The van der Waals surface area contributed by atoms with E-state index in [-0.39, 0.29) is 12.5 Å². The zero-order valence-electron chi connectivity index (χ0n) is 13.4. The Kier molecular flexibility index (Phi) is 5.65. The first-order valence-electron chi connectivity index (χ1n) is 8.34. The van der Waals surface area contributed by atoms with Gasteiger partial charge in [0.2, 0.25) is 5.91 Å². The topological polar surface area (TPSA) is 43.8 Å². The molecular formula is C18H24N2O2S. The lowest BCUT2D eigenvalue weighted by atomic mass is 10.1. The predicted molar refractivity (Wildman–Crippen MR) is 94.9 cm³/mol. The average molecular weight is 332 g/mol. The maximum Gasteiger partial charge on any atom is 0.222 e. The summed E-state index contributed by atoms with van der Waals surface area (Å²) in [6.07, 6.45) is 2.51. The number of benzene rings is 1. The van der Waals surface area contributed by atoms with Gasteiger partial charge in [-0.3, -0.25) is 9.69 Å². The maximum absolute atomic E-state index is 12.3. The van der Waals surface area contributed by atoms with Crippen molar-refractivity contribution in [2.24, 2.45) is 0 Å². The molecule has 0 spiro atoms. The molecular weight excluding hydrogens is 308 g/mol. The first-order chi connectivity index (χ1) is 11.3. The Bertz CT molecular complexity index is 647. The molecule has 0 bridgehead atoms. The Labute approximate surface area is 141 Å². The molecule has 4 nitrogen and oxygen atoms in total. The van der Waals surface area contributed by atoms with Gasteiger partial charge in [0.15, 0.2) is 0 Å². The van der Waals surface area contributed by atoms with E-state index in [2.05, 4.69) is 34.5 Å². The molecule has 2 aromatic rings. The Morgan fingerprint density at radius 3 is 2.74 bits per heavy atom. The number of rotatable bonds is 6. The second kappa shape index (κ2) is 7.90. The van der Waals surface area contributed by atoms with Gasteiger partial charge in [0.05, 0.1) is 6.61 Å². The Hall–Kier alpha value is -1.43. The molecule has 0 unspecified atom stereocenters. The number of β-amino-alcohol motifs (C(OH)–C–C–N with tert-alkyl or cyclic N) is 1. The van der Waals surface area contributed by atoms with Crippen LogP contribution in [0.1, 0.15) is 18.4 Å². The number of nitrogens with zero attached hydrogens (tertiary/aromatic N) is 2. The number of amides is 1. The monoisotopic (exact) mass is 332 g/mol. The van der Waals surface area contributed by atoms with Gasteiger partial charge in [-0.2, -0.15) is 0 Å². The van der Waals surface area contributed by atoms with E-state index in [1.54, 1.807) is 11.3 Å². The summed E-state index contributed by atoms with van der Waals surface area (Å²) in [5.74, 6) is 0.271. The van der Waals surface area contributed by atoms with Crippen LogP contribution in [-0.4, -0.2) is 60.1 Å². The van der Waals surface area contributed by atoms with E-state index in [4.69, 9.17) is 5.11 Å². The van der Waals surface area contributed by atoms with E-state index >= 15 is 0 Å². The highest BCUT2D eigenvalue weighted by atomic mass is 32.1. The minimum absolute atomic E-state index is 0.197. The lowest BCUT2D eigenvalue weighted by Crippen LogP contribution is -2.49. The van der Waals surface area contributed by atoms with E-state index in [1.807, 2.05) is 4.90 Å². The fraction of sp³-hybridized carbons (Fsp3) is 0.500. The number of piperazine rings is 1. The van der Waals surface area contributed by atoms with Crippen molar-refractivity contribution in [3.05, 3.63) is 35.2 Å². The van der Waals surface area contributed by atoms with Crippen molar-refractivity contribution in [3.8, 4) is 0 Å². The zero-order valence-corrected chi connectivity index (χ0v) is 14.2. The lowest BCUT2D eigenvalue weighted by Gasteiger charge is -2.34. The molecule has 1 fully saturated rings. The van der Waals surface area contributed by atoms with Crippen LogP contribution >= 0.6 is 11.3 Å². The summed E-state index contributed by atoms with van der Waals surface area (Å²) >= 11 is 1.78. The minimum atomic E-state index is 0.197. The van der Waals surface area contributed by atoms with Crippen LogP contribution in [-0.2, 0) is 11.2 Å². The number of hydrogen-bond acceptors (Lipinski definition) is 4. The molecule has 1 aromatic carbocycles. The summed E-state index contributed by atoms with van der Waals surface area (Å²) in [5, 5.41) is 12.5. The number of thiophene rings is 1. The summed E-state index contributed by atoms with van der Waals surface area (Å²) in [5.41, 5.74) is 1.37. The van der Waals surface area contributed by atoms with Crippen LogP contribution in [0.25, 0.3) is 10.1 Å². The summed E-state index contributed by atoms with van der Waals surface area (Å²) in [4.78, 5) is 16.5. The smallest absolute Gasteiger partial charge is 0.222 e. The number of aliphatic hydroxyl groups is 1. The third-order valence-corrected chi connectivity index (χ3v) is 5.55. The van der Waals surface area contributed by atoms with E-state index in [0.717, 1.165) is 39.0 Å². The van der Waals surface area contributed by atoms with Crippen LogP contribution < -0.4 is 0 Å². The molecule has 1 amide bonds. The molecule has 1 aliphatic heterocycles. The first-order valence-corrected chi connectivity index (χ1v) is 9.22. The fourth-order valence-corrected chi connectivity index (χ4v) is 4.17. The van der Waals surface area contributed by atoms with Gasteiger partial charge in [0, 0.05) is 43.8 Å². The van der Waals surface area contributed by atoms with E-state index < -0.39 is 0 Å². The Morgan fingerprint density at radius 2 is 1.96 bits per heavy atom. The van der Waals surface area contributed by atoms with Gasteiger partial charge in [-0.15, -0.1) is 11.3 Å². The maximum atomic E-state index is 12.3. The minimum Gasteiger partial charge on any atom is -0.395 e. The van der Waals surface area contributed by atoms with Crippen LogP contribution in [0.2, 0.25) is 0 Å². The van der Waals surface area contributed by atoms with E-state index in [0.29, 0.717) is 13.0 Å². The van der Waals surface area contributed by atoms with Gasteiger partial charge in [-0.1, -0.05) is 18.2 Å². The number of fused-ring (bicyclic) bond motifs is 1. The summed E-state index contributed by atoms with van der Waals surface area (Å²) in [7, 11) is 0. The van der Waals surface area contributed by atoms with Gasteiger partial charge >= 0.3 is 0 Å². The van der Waals surface area contributed by atoms with Crippen LogP contribution in [0.5, 0.6) is 0 Å². The van der Waals surface area contributed by atoms with Crippen LogP contribution in [0, 0.1) is 0 Å². The SMILES string of the molecule is O=C(CCCc1csc2ccccc12)N1CCN(CCO)CC1. The van der Waals surface area contributed by atoms with Crippen molar-refractivity contribution in [2.75, 3.05) is 39.3 Å². The largest absolute Gasteiger partial charge is 0.395 e. The number of carbonyl (C=O) groups is 1. The number of carbonyl (C=O) groups excluding carboxylic acids is 1. The second-order valence-electron chi connectivity index (χ2n) is 6.06. The highest BCUT2D eigenvalue weighted by molar-refractivity contribution is 7.17. The highest BCUT2D eigenvalue weighted by Gasteiger charge is 2.20. The fourth-order valence-electron chi connectivity index (χ4n) is 3.18. The normalized spacial score (nSPS) is 16.1. The van der Waals surface area contributed by atoms with Gasteiger partial charge in [-0.25, -0.2) is 0 Å². The molecule has 23 heavy (non-hydrogen) atoms. The molecule has 5 heteroatoms. The first kappa shape index (κ1) is 16.4. The van der Waals surface area contributed by atoms with Gasteiger partial charge < -0.3 is 10.0 Å². The molecule has 0 atom stereocenters. The summed E-state index contributed by atoms with van der Waals surface area (Å²) in [6, 6.07) is 8.47. The molecule has 1 saturated heterocycles. The third kappa shape index (κ3) is 4.10. The van der Waals surface area contributed by atoms with Gasteiger partial charge in [-0.05, 0) is 35.2 Å². The van der Waals surface area contributed by atoms with E-state index in [9.17, 15) is 4.79 Å². The molecule has 124 valence electrons. The number of aliphatic hydroxyl groups excluding tert-OH is 1. The molecule has 0 radical (unpaired) electrons. The number of aryl methyl sites for hydroxylation is 1. The standard InChI is InChI=1S/C18H24N2O2S/c21-13-12-19-8-10-20(11-9-19)18(22)7-3-4-15-14-23-17-6-2-1-5-16(15)17/h1-2,5-6,14,21H,3-4,7-13H2. The molecule has 0 saturated carbocycles. The number of hydrogen-bond donors (Lipinski definition) is 1. The lowest BCUT2D eigenvalue weighted by molar-refractivity contribution is -0.133. The predicted octanol–water partition coefficient (Wildman–Crippen LogP) is 2.36. The van der Waals surface area contributed by atoms with Crippen molar-refractivity contribution in [1.29, 1.82) is 0 Å². The van der Waals surface area contributed by atoms with Crippen molar-refractivity contribution >= 4 is 27.3 Å². The zero-order chi connectivity index (χ0) is 16.1. The molecule has 2 heterocycles. The Balaban J connectivity index is 1.45. The van der Waals surface area contributed by atoms with Crippen LogP contribution in [0.3, 0.4) is 0 Å². The van der Waals surface area contributed by atoms with Crippen LogP contribution in [0.15, 0.2) is 29.6 Å². The molecule has 0 aliphatic carbocycles. The van der Waals surface area contributed by atoms with Gasteiger partial charge in [0.1, 0.15) is 0 Å². The summed E-state index contributed by atoms with van der Waals surface area (Å²) in [6.45, 7) is 4.25. The quantitative estimate of drug-likeness (QED) is 0.883. The van der Waals surface area contributed by atoms with Gasteiger partial charge in [0.25, 0.3) is 0 Å². The second-order valence-corrected chi connectivity index (χ2v) is 6.97. The van der Waals surface area contributed by atoms with Crippen molar-refractivity contribution in [1.82, 2.24) is 9.80 Å². The van der Waals surface area contributed by atoms with Crippen molar-refractivity contribution in [3.63, 3.8) is 0 Å². The van der Waals surface area contributed by atoms with Crippen LogP contribution in [0.4, 0.5) is 0 Å². The highest BCUT2D eigenvalue weighted by Crippen LogP contribution is 2.26. The average Bonchev–Trinajstić information content (AvgIpc) is 2.99. The molecule has 1 aliphatic rings. The van der Waals surface area contributed by atoms with E-state index in [1.165, 1.54) is 15.6 Å². The molecule has 1 N–H and O–H groups in total. The molecule has 3 rings (SSSR count). The molecule has 1 aromatic heterocycles. The Morgan fingerprint density at radius 1 is 1.17 bits per heavy atom. The third-order valence-electron chi connectivity index (χ3n) is 4.54. The summed E-state index contributed by atoms with van der Waals surface area (Å²) < 4.78 is 1.33.